The smallest absolute Gasteiger partial charge is 0.410 e. The summed E-state index contributed by atoms with van der Waals surface area (Å²) in [4.78, 5) is 41.3. The number of halogens is 2. The maximum Gasteiger partial charge on any atom is 0.410 e. The fourth-order valence-corrected chi connectivity index (χ4v) is 5.66. The van der Waals surface area contributed by atoms with Gasteiger partial charge in [0.1, 0.15) is 11.6 Å². The number of hydrogen-bond acceptors (Lipinski definition) is 5. The van der Waals surface area contributed by atoms with Crippen LogP contribution >= 0.6 is 0 Å². The third-order valence-corrected chi connectivity index (χ3v) is 8.02. The third kappa shape index (κ3) is 6.00. The number of Topliss-reactive ketones (excluding diaryl/α,β-unsaturated/α-hetero) is 1. The zero-order chi connectivity index (χ0) is 25.0. The summed E-state index contributed by atoms with van der Waals surface area (Å²) in [6, 6.07) is 3.11. The molecule has 0 atom stereocenters. The second-order valence-corrected chi connectivity index (χ2v) is 10.3. The van der Waals surface area contributed by atoms with E-state index in [1.807, 2.05) is 0 Å². The van der Waals surface area contributed by atoms with Crippen LogP contribution in [0.25, 0.3) is 0 Å². The first-order chi connectivity index (χ1) is 16.8. The maximum atomic E-state index is 14.0. The van der Waals surface area contributed by atoms with Gasteiger partial charge < -0.3 is 20.3 Å². The number of ketones is 1. The molecule has 2 aliphatic heterocycles. The zero-order valence-electron chi connectivity index (χ0n) is 20.1. The van der Waals surface area contributed by atoms with Crippen LogP contribution in [0.5, 0.6) is 0 Å². The van der Waals surface area contributed by atoms with Crippen LogP contribution in [-0.2, 0) is 9.53 Å². The second kappa shape index (κ2) is 11.0. The Kier molecular flexibility index (Phi) is 8.04. The Morgan fingerprint density at radius 1 is 1.00 bits per heavy atom. The van der Waals surface area contributed by atoms with Gasteiger partial charge in [0.05, 0.1) is 5.56 Å². The lowest BCUT2D eigenvalue weighted by Gasteiger charge is -2.39. The number of ether oxygens (including phenoxy) is 1. The van der Waals surface area contributed by atoms with E-state index in [-0.39, 0.29) is 17.3 Å². The van der Waals surface area contributed by atoms with E-state index in [9.17, 15) is 23.2 Å². The molecule has 0 radical (unpaired) electrons. The van der Waals surface area contributed by atoms with Crippen molar-refractivity contribution in [2.75, 3.05) is 32.7 Å². The Hall–Kier alpha value is -2.55. The highest BCUT2D eigenvalue weighted by Crippen LogP contribution is 2.37. The van der Waals surface area contributed by atoms with Gasteiger partial charge in [0.15, 0.2) is 11.4 Å². The number of hydrogen-bond donors (Lipinski definition) is 1. The number of likely N-dealkylation sites (tertiary alicyclic amines) is 2. The summed E-state index contributed by atoms with van der Waals surface area (Å²) >= 11 is 0. The normalized spacial score (nSPS) is 26.0. The molecule has 35 heavy (non-hydrogen) atoms. The van der Waals surface area contributed by atoms with Gasteiger partial charge in [-0.1, -0.05) is 0 Å². The lowest BCUT2D eigenvalue weighted by molar-refractivity contribution is -0.142. The van der Waals surface area contributed by atoms with Crippen molar-refractivity contribution in [3.63, 3.8) is 0 Å². The number of piperidine rings is 1. The van der Waals surface area contributed by atoms with Gasteiger partial charge in [-0.25, -0.2) is 13.6 Å². The van der Waals surface area contributed by atoms with Gasteiger partial charge in [-0.15, -0.1) is 0 Å². The van der Waals surface area contributed by atoms with Crippen molar-refractivity contribution in [1.82, 2.24) is 9.80 Å². The van der Waals surface area contributed by atoms with Crippen molar-refractivity contribution >= 4 is 17.8 Å². The molecule has 0 unspecified atom stereocenters. The Labute approximate surface area is 205 Å². The lowest BCUT2D eigenvalue weighted by atomic mass is 9.77. The van der Waals surface area contributed by atoms with E-state index in [1.54, 1.807) is 4.90 Å². The van der Waals surface area contributed by atoms with Crippen molar-refractivity contribution < 1.29 is 27.9 Å². The summed E-state index contributed by atoms with van der Waals surface area (Å²) < 4.78 is 32.8. The van der Waals surface area contributed by atoms with Crippen LogP contribution < -0.4 is 5.73 Å². The van der Waals surface area contributed by atoms with Gasteiger partial charge in [-0.3, -0.25) is 9.59 Å². The number of carbonyl (C=O) groups is 3. The minimum atomic E-state index is -1.20. The van der Waals surface area contributed by atoms with E-state index in [4.69, 9.17) is 10.5 Å². The lowest BCUT2D eigenvalue weighted by Crippen LogP contribution is -2.52. The molecule has 192 valence electrons. The zero-order valence-corrected chi connectivity index (χ0v) is 20.1. The molecule has 1 aromatic rings. The van der Waals surface area contributed by atoms with Crippen molar-refractivity contribution in [2.45, 2.75) is 63.4 Å². The number of rotatable bonds is 7. The van der Waals surface area contributed by atoms with Crippen molar-refractivity contribution in [1.29, 1.82) is 0 Å². The fourth-order valence-electron chi connectivity index (χ4n) is 5.66. The van der Waals surface area contributed by atoms with Crippen molar-refractivity contribution in [2.24, 2.45) is 17.6 Å². The minimum Gasteiger partial charge on any atom is -0.433 e. The Morgan fingerprint density at radius 2 is 1.66 bits per heavy atom. The first kappa shape index (κ1) is 25.5. The molecule has 0 aromatic heterocycles. The van der Waals surface area contributed by atoms with Crippen LogP contribution in [0.1, 0.15) is 68.1 Å². The van der Waals surface area contributed by atoms with Crippen LogP contribution in [0.15, 0.2) is 18.2 Å². The molecule has 0 bridgehead atoms. The molecule has 3 aliphatic rings. The quantitative estimate of drug-likeness (QED) is 0.584. The van der Waals surface area contributed by atoms with E-state index in [1.165, 1.54) is 6.07 Å². The molecule has 2 heterocycles. The Balaban J connectivity index is 1.21. The van der Waals surface area contributed by atoms with Crippen LogP contribution in [0.4, 0.5) is 13.6 Å². The first-order valence-electron chi connectivity index (χ1n) is 12.8. The standard InChI is InChI=1S/C26H35F2N3O4/c27-20-3-4-21(22(28)17-20)23(32)19-8-15-30(16-9-19)14-7-18-5-10-26(11-6-18,24(29)33)35-25(34)31-12-1-2-13-31/h3-4,17-19H,1-2,5-16H2,(H2,29,33). The number of carbonyl (C=O) groups excluding carboxylic acids is 3. The molecule has 9 heteroatoms. The monoisotopic (exact) mass is 491 g/mol. The third-order valence-electron chi connectivity index (χ3n) is 8.02. The highest BCUT2D eigenvalue weighted by Gasteiger charge is 2.45. The van der Waals surface area contributed by atoms with E-state index in [2.05, 4.69) is 4.90 Å². The van der Waals surface area contributed by atoms with Gasteiger partial charge >= 0.3 is 6.09 Å². The van der Waals surface area contributed by atoms with Gasteiger partial charge in [-0.05, 0) is 95.5 Å². The summed E-state index contributed by atoms with van der Waals surface area (Å²) in [5, 5.41) is 0. The molecule has 4 rings (SSSR count). The summed E-state index contributed by atoms with van der Waals surface area (Å²) in [6.45, 7) is 3.72. The number of amides is 2. The summed E-state index contributed by atoms with van der Waals surface area (Å²) in [6.07, 6.45) is 6.18. The van der Waals surface area contributed by atoms with E-state index < -0.39 is 29.2 Å². The average molecular weight is 492 g/mol. The van der Waals surface area contributed by atoms with Crippen LogP contribution in [-0.4, -0.2) is 65.9 Å². The molecule has 1 aliphatic carbocycles. The Bertz CT molecular complexity index is 935. The van der Waals surface area contributed by atoms with Gasteiger partial charge in [0, 0.05) is 25.1 Å². The van der Waals surface area contributed by atoms with Crippen molar-refractivity contribution in [3.05, 3.63) is 35.4 Å². The first-order valence-corrected chi connectivity index (χ1v) is 12.8. The Morgan fingerprint density at radius 3 is 2.26 bits per heavy atom. The molecule has 1 saturated carbocycles. The molecule has 2 N–H and O–H groups in total. The number of primary amides is 1. The molecule has 3 fully saturated rings. The number of benzene rings is 1. The van der Waals surface area contributed by atoms with Crippen LogP contribution in [0.3, 0.4) is 0 Å². The van der Waals surface area contributed by atoms with E-state index in [0.29, 0.717) is 44.7 Å². The van der Waals surface area contributed by atoms with E-state index >= 15 is 0 Å². The summed E-state index contributed by atoms with van der Waals surface area (Å²) in [5.74, 6) is -2.13. The molecule has 2 saturated heterocycles. The van der Waals surface area contributed by atoms with E-state index in [0.717, 1.165) is 63.9 Å². The number of nitrogens with zero attached hydrogens (tertiary/aromatic N) is 2. The predicted molar refractivity (Wildman–Crippen MR) is 126 cm³/mol. The fraction of sp³-hybridized carbons (Fsp3) is 0.654. The minimum absolute atomic E-state index is 0.0320. The summed E-state index contributed by atoms with van der Waals surface area (Å²) in [7, 11) is 0. The second-order valence-electron chi connectivity index (χ2n) is 10.3. The molecule has 0 spiro atoms. The largest absolute Gasteiger partial charge is 0.433 e. The van der Waals surface area contributed by atoms with Crippen LogP contribution in [0, 0.1) is 23.5 Å². The van der Waals surface area contributed by atoms with Crippen LogP contribution in [0.2, 0.25) is 0 Å². The molecular weight excluding hydrogens is 456 g/mol. The molecular formula is C26H35F2N3O4. The molecule has 2 amide bonds. The average Bonchev–Trinajstić information content (AvgIpc) is 3.39. The van der Waals surface area contributed by atoms with Gasteiger partial charge in [0.25, 0.3) is 5.91 Å². The molecule has 1 aromatic carbocycles. The highest BCUT2D eigenvalue weighted by molar-refractivity contribution is 5.98. The maximum absolute atomic E-state index is 14.0. The van der Waals surface area contributed by atoms with Crippen molar-refractivity contribution in [3.8, 4) is 0 Å². The summed E-state index contributed by atoms with van der Waals surface area (Å²) in [5.41, 5.74) is 4.43. The molecule has 7 nitrogen and oxygen atoms in total. The predicted octanol–water partition coefficient (Wildman–Crippen LogP) is 3.90. The van der Waals surface area contributed by atoms with Gasteiger partial charge in [0.2, 0.25) is 0 Å². The number of nitrogens with two attached hydrogens (primary N) is 1. The topological polar surface area (TPSA) is 92.9 Å². The highest BCUT2D eigenvalue weighted by atomic mass is 19.1. The van der Waals surface area contributed by atoms with Gasteiger partial charge in [-0.2, -0.15) is 0 Å². The SMILES string of the molecule is NC(=O)C1(OC(=O)N2CCCC2)CCC(CCN2CCC(C(=O)c3ccc(F)cc3F)CC2)CC1.